The molecule has 0 saturated carbocycles. The van der Waals surface area contributed by atoms with E-state index in [9.17, 15) is 18.3 Å². The summed E-state index contributed by atoms with van der Waals surface area (Å²) in [6.45, 7) is -0.207. The van der Waals surface area contributed by atoms with E-state index in [4.69, 9.17) is 21.5 Å². The van der Waals surface area contributed by atoms with Gasteiger partial charge in [0.25, 0.3) is 10.2 Å². The van der Waals surface area contributed by atoms with Gasteiger partial charge in [-0.05, 0) is 12.7 Å². The Labute approximate surface area is 129 Å². The molecule has 1 fully saturated rings. The Balaban J connectivity index is 2.81. The Kier molecular flexibility index (Phi) is 6.74. The average Bonchev–Trinajstić information content (AvgIpc) is 2.76. The van der Waals surface area contributed by atoms with Crippen LogP contribution in [0.5, 0.6) is 0 Å². The van der Waals surface area contributed by atoms with Gasteiger partial charge in [0, 0.05) is 32.1 Å². The lowest BCUT2D eigenvalue weighted by Crippen LogP contribution is -2.55. The van der Waals surface area contributed by atoms with Crippen LogP contribution in [0.3, 0.4) is 0 Å². The van der Waals surface area contributed by atoms with Crippen LogP contribution < -0.4 is 16.2 Å². The van der Waals surface area contributed by atoms with E-state index >= 15 is 0 Å². The van der Waals surface area contributed by atoms with E-state index in [0.29, 0.717) is 6.42 Å². The Bertz CT molecular complexity index is 490. The second kappa shape index (κ2) is 7.68. The maximum Gasteiger partial charge on any atom is 0.451 e. The number of aliphatic carboxylic acids is 1. The Morgan fingerprint density at radius 1 is 1.45 bits per heavy atom. The molecule has 128 valence electrons. The van der Waals surface area contributed by atoms with Crippen LogP contribution in [-0.2, 0) is 15.0 Å². The van der Waals surface area contributed by atoms with E-state index in [1.807, 2.05) is 0 Å². The van der Waals surface area contributed by atoms with Crippen molar-refractivity contribution in [3.05, 3.63) is 0 Å². The molecule has 1 saturated heterocycles. The molecule has 1 aliphatic heterocycles. The van der Waals surface area contributed by atoms with E-state index in [2.05, 4.69) is 4.72 Å². The van der Waals surface area contributed by atoms with Crippen molar-refractivity contribution in [1.29, 1.82) is 0 Å². The number of nitrogens with one attached hydrogen (secondary N) is 1. The van der Waals surface area contributed by atoms with E-state index in [0.717, 1.165) is 4.31 Å². The number of carbonyl (C=O) groups is 1. The van der Waals surface area contributed by atoms with E-state index in [1.165, 1.54) is 0 Å². The number of hydrogen-bond donors (Lipinski definition) is 6. The third kappa shape index (κ3) is 4.62. The molecule has 0 amide bonds. The summed E-state index contributed by atoms with van der Waals surface area (Å²) < 4.78 is 27.4. The molecule has 1 rings (SSSR count). The zero-order chi connectivity index (χ0) is 17.0. The largest absolute Gasteiger partial charge is 0.480 e. The van der Waals surface area contributed by atoms with Gasteiger partial charge >= 0.3 is 13.1 Å². The minimum absolute atomic E-state index is 0.0375. The fourth-order valence-corrected chi connectivity index (χ4v) is 3.81. The van der Waals surface area contributed by atoms with E-state index in [-0.39, 0.29) is 38.9 Å². The number of nitrogens with two attached hydrogens (primary N) is 2. The van der Waals surface area contributed by atoms with Gasteiger partial charge in [-0.1, -0.05) is 6.42 Å². The van der Waals surface area contributed by atoms with Crippen molar-refractivity contribution in [3.8, 4) is 0 Å². The summed E-state index contributed by atoms with van der Waals surface area (Å²) in [5.41, 5.74) is 9.44. The van der Waals surface area contributed by atoms with Gasteiger partial charge in [-0.2, -0.15) is 12.7 Å². The fourth-order valence-electron chi connectivity index (χ4n) is 2.49. The van der Waals surface area contributed by atoms with Crippen molar-refractivity contribution in [2.75, 3.05) is 26.2 Å². The van der Waals surface area contributed by atoms with Crippen LogP contribution in [0.1, 0.15) is 12.8 Å². The van der Waals surface area contributed by atoms with Crippen molar-refractivity contribution < 1.29 is 28.4 Å². The highest BCUT2D eigenvalue weighted by Crippen LogP contribution is 2.31. The topological polar surface area (TPSA) is 179 Å². The smallest absolute Gasteiger partial charge is 0.451 e. The Morgan fingerprint density at radius 2 is 2.09 bits per heavy atom. The molecule has 1 aliphatic rings. The van der Waals surface area contributed by atoms with Crippen molar-refractivity contribution in [2.45, 2.75) is 24.7 Å². The Hall–Kier alpha value is -0.755. The molecule has 0 aromatic rings. The minimum atomic E-state index is -3.84. The molecule has 0 bridgehead atoms. The highest BCUT2D eigenvalue weighted by atomic mass is 32.2. The van der Waals surface area contributed by atoms with Crippen LogP contribution in [0.4, 0.5) is 0 Å². The maximum atomic E-state index is 12.1. The second-order valence-corrected chi connectivity index (χ2v) is 7.19. The first-order valence-corrected chi connectivity index (χ1v) is 8.40. The van der Waals surface area contributed by atoms with Crippen LogP contribution in [0.25, 0.3) is 0 Å². The zero-order valence-corrected chi connectivity index (χ0v) is 13.0. The molecule has 0 aromatic carbocycles. The van der Waals surface area contributed by atoms with E-state index in [1.54, 1.807) is 0 Å². The molecule has 22 heavy (non-hydrogen) atoms. The highest BCUT2D eigenvalue weighted by Gasteiger charge is 2.52. The van der Waals surface area contributed by atoms with Gasteiger partial charge in [0.15, 0.2) is 0 Å². The van der Waals surface area contributed by atoms with Gasteiger partial charge in [0.05, 0.1) is 0 Å². The van der Waals surface area contributed by atoms with Crippen molar-refractivity contribution in [1.82, 2.24) is 9.03 Å². The van der Waals surface area contributed by atoms with Crippen LogP contribution >= 0.6 is 0 Å². The minimum Gasteiger partial charge on any atom is -0.480 e. The lowest BCUT2D eigenvalue weighted by molar-refractivity contribution is -0.144. The summed E-state index contributed by atoms with van der Waals surface area (Å²) >= 11 is 0. The summed E-state index contributed by atoms with van der Waals surface area (Å²) in [4.78, 5) is 11.4. The summed E-state index contributed by atoms with van der Waals surface area (Å²) in [7, 11) is -5.32. The molecule has 8 N–H and O–H groups in total. The molecule has 0 radical (unpaired) electrons. The lowest BCUT2D eigenvalue weighted by Gasteiger charge is -2.25. The quantitative estimate of drug-likeness (QED) is 0.237. The summed E-state index contributed by atoms with van der Waals surface area (Å²) in [5, 5.41) is 27.0. The third-order valence-corrected chi connectivity index (χ3v) is 5.30. The SMILES string of the molecule is NCCNS(=O)(=O)N1C[C@H](CCCB(O)O)C(N)(C(=O)O)C1. The predicted octanol–water partition coefficient (Wildman–Crippen LogP) is -3.25. The molecule has 2 atom stereocenters. The molecule has 10 nitrogen and oxygen atoms in total. The first kappa shape index (κ1) is 19.3. The molecule has 0 aliphatic carbocycles. The molecule has 0 spiro atoms. The van der Waals surface area contributed by atoms with Crippen LogP contribution in [0, 0.1) is 5.92 Å². The summed E-state index contributed by atoms with van der Waals surface area (Å²) in [5.74, 6) is -1.89. The van der Waals surface area contributed by atoms with Gasteiger partial charge in [-0.25, -0.2) is 4.72 Å². The van der Waals surface area contributed by atoms with Crippen LogP contribution in [-0.4, -0.2) is 72.7 Å². The molecule has 1 unspecified atom stereocenters. The monoisotopic (exact) mass is 338 g/mol. The average molecular weight is 338 g/mol. The number of rotatable bonds is 9. The molecule has 0 aromatic heterocycles. The number of hydrogen-bond acceptors (Lipinski definition) is 7. The standard InChI is InChI=1S/C10H23BN4O6S/c12-4-5-14-22(20,21)15-6-8(2-1-3-11(18)19)10(13,7-15)9(16)17/h8,14,18-19H,1-7,12-13H2,(H,16,17)/t8-,10?/m0/s1. The fraction of sp³-hybridized carbons (Fsp3) is 0.900. The van der Waals surface area contributed by atoms with Crippen LogP contribution in [0.2, 0.25) is 6.32 Å². The molecule has 12 heteroatoms. The van der Waals surface area contributed by atoms with Gasteiger partial charge in [0.2, 0.25) is 0 Å². The maximum absolute atomic E-state index is 12.1. The zero-order valence-electron chi connectivity index (χ0n) is 12.2. The van der Waals surface area contributed by atoms with Gasteiger partial charge < -0.3 is 26.6 Å². The summed E-state index contributed by atoms with van der Waals surface area (Å²) in [6.07, 6.45) is 0.687. The normalized spacial score (nSPS) is 26.3. The van der Waals surface area contributed by atoms with Gasteiger partial charge in [-0.3, -0.25) is 4.79 Å². The molecular formula is C10H23BN4O6S. The number of nitrogens with zero attached hydrogens (tertiary/aromatic N) is 1. The summed E-state index contributed by atoms with van der Waals surface area (Å²) in [6, 6.07) is 0. The van der Waals surface area contributed by atoms with Crippen molar-refractivity contribution >= 4 is 23.3 Å². The number of carboxylic acids is 1. The van der Waals surface area contributed by atoms with Gasteiger partial charge in [-0.15, -0.1) is 0 Å². The molecular weight excluding hydrogens is 315 g/mol. The first-order chi connectivity index (χ1) is 10.1. The van der Waals surface area contributed by atoms with Crippen molar-refractivity contribution in [3.63, 3.8) is 0 Å². The predicted molar refractivity (Wildman–Crippen MR) is 79.8 cm³/mol. The first-order valence-electron chi connectivity index (χ1n) is 6.96. The van der Waals surface area contributed by atoms with Gasteiger partial charge in [0.1, 0.15) is 5.54 Å². The third-order valence-electron chi connectivity index (χ3n) is 3.77. The van der Waals surface area contributed by atoms with Crippen LogP contribution in [0.15, 0.2) is 0 Å². The van der Waals surface area contributed by atoms with Crippen molar-refractivity contribution in [2.24, 2.45) is 17.4 Å². The highest BCUT2D eigenvalue weighted by molar-refractivity contribution is 7.87. The molecule has 1 heterocycles. The Morgan fingerprint density at radius 3 is 2.59 bits per heavy atom. The van der Waals surface area contributed by atoms with E-state index < -0.39 is 34.8 Å². The lowest BCUT2D eigenvalue weighted by atomic mass is 9.78. The second-order valence-electron chi connectivity index (χ2n) is 5.43. The number of carboxylic acid groups (broad SMARTS) is 1.